The standard InChI is InChI=1S/C33H38N2O6/c1-20-8-4-5-13-25(20)34-31(37)30-33-15-14-27(41-33)28(26(36)18-21-9-6-11-23(16-21)39-2)29(33)32(38)35(30)19-22-10-7-12-24(17-22)40-3/h6-7,9-12,14-17,20,25,27-30H,4-5,8,13,18-19H2,1-3H3,(H,34,37). The molecule has 2 saturated heterocycles. The van der Waals surface area contributed by atoms with Gasteiger partial charge in [0, 0.05) is 19.0 Å². The van der Waals surface area contributed by atoms with E-state index >= 15 is 0 Å². The molecule has 2 amide bonds. The van der Waals surface area contributed by atoms with Crippen LogP contribution < -0.4 is 14.8 Å². The van der Waals surface area contributed by atoms with Crippen LogP contribution in [0.25, 0.3) is 0 Å². The number of Topliss-reactive ketones (excluding diaryl/α,β-unsaturated/α-hetero) is 1. The van der Waals surface area contributed by atoms with E-state index in [1.54, 1.807) is 19.1 Å². The predicted molar refractivity (Wildman–Crippen MR) is 152 cm³/mol. The van der Waals surface area contributed by atoms with Gasteiger partial charge in [-0.3, -0.25) is 14.4 Å². The molecule has 4 aliphatic rings. The van der Waals surface area contributed by atoms with Gasteiger partial charge < -0.3 is 24.4 Å². The SMILES string of the molecule is COc1cccc(CC(=O)C2C3C=CC4(O3)C2C(=O)N(Cc2cccc(OC)c2)C4C(=O)NC2CCCCC2C)c1. The Hall–Kier alpha value is -3.65. The first-order valence-corrected chi connectivity index (χ1v) is 14.6. The molecule has 8 heteroatoms. The van der Waals surface area contributed by atoms with Crippen molar-refractivity contribution in [2.75, 3.05) is 14.2 Å². The van der Waals surface area contributed by atoms with Gasteiger partial charge in [0.25, 0.3) is 0 Å². The highest BCUT2D eigenvalue weighted by molar-refractivity contribution is 6.00. The molecule has 1 spiro atoms. The number of hydrogen-bond acceptors (Lipinski definition) is 6. The lowest BCUT2D eigenvalue weighted by Crippen LogP contribution is -2.57. The highest BCUT2D eigenvalue weighted by atomic mass is 16.5. The zero-order valence-electron chi connectivity index (χ0n) is 23.9. The summed E-state index contributed by atoms with van der Waals surface area (Å²) in [7, 11) is 3.19. The zero-order chi connectivity index (χ0) is 28.7. The summed E-state index contributed by atoms with van der Waals surface area (Å²) in [4.78, 5) is 43.9. The second kappa shape index (κ2) is 11.0. The average molecular weight is 559 g/mol. The van der Waals surface area contributed by atoms with E-state index in [0.29, 0.717) is 17.4 Å². The maximum atomic E-state index is 14.3. The molecular weight excluding hydrogens is 520 g/mol. The van der Waals surface area contributed by atoms with E-state index < -0.39 is 29.6 Å². The molecule has 6 rings (SSSR count). The third-order valence-corrected chi connectivity index (χ3v) is 9.43. The molecule has 2 bridgehead atoms. The molecule has 1 N–H and O–H groups in total. The highest BCUT2D eigenvalue weighted by Crippen LogP contribution is 2.55. The van der Waals surface area contributed by atoms with Crippen LogP contribution in [0.4, 0.5) is 0 Å². The normalized spacial score (nSPS) is 31.7. The third kappa shape index (κ3) is 4.82. The number of ketones is 1. The van der Waals surface area contributed by atoms with Crippen molar-refractivity contribution in [3.63, 3.8) is 0 Å². The molecule has 0 aromatic heterocycles. The second-order valence-corrected chi connectivity index (χ2v) is 11.9. The number of hydrogen-bond donors (Lipinski definition) is 1. The molecule has 3 fully saturated rings. The van der Waals surface area contributed by atoms with Gasteiger partial charge >= 0.3 is 0 Å². The molecule has 3 heterocycles. The number of carbonyl (C=O) groups is 3. The summed E-state index contributed by atoms with van der Waals surface area (Å²) in [5.41, 5.74) is 0.474. The van der Waals surface area contributed by atoms with Gasteiger partial charge in [-0.05, 0) is 54.2 Å². The predicted octanol–water partition coefficient (Wildman–Crippen LogP) is 3.86. The minimum absolute atomic E-state index is 0.0496. The second-order valence-electron chi connectivity index (χ2n) is 11.9. The number of likely N-dealkylation sites (tertiary alicyclic amines) is 1. The molecule has 41 heavy (non-hydrogen) atoms. The smallest absolute Gasteiger partial charge is 0.246 e. The fourth-order valence-corrected chi connectivity index (χ4v) is 7.37. The molecule has 7 atom stereocenters. The minimum atomic E-state index is -1.18. The van der Waals surface area contributed by atoms with Crippen LogP contribution in [0, 0.1) is 17.8 Å². The van der Waals surface area contributed by atoms with Gasteiger partial charge in [-0.2, -0.15) is 0 Å². The van der Waals surface area contributed by atoms with Crippen LogP contribution in [0.15, 0.2) is 60.7 Å². The van der Waals surface area contributed by atoms with Crippen molar-refractivity contribution in [3.05, 3.63) is 71.8 Å². The number of ether oxygens (including phenoxy) is 3. The number of nitrogens with zero attached hydrogens (tertiary/aromatic N) is 1. The van der Waals surface area contributed by atoms with Crippen LogP contribution in [0.3, 0.4) is 0 Å². The van der Waals surface area contributed by atoms with E-state index in [2.05, 4.69) is 12.2 Å². The van der Waals surface area contributed by atoms with Crippen LogP contribution in [-0.4, -0.2) is 60.5 Å². The molecule has 7 unspecified atom stereocenters. The summed E-state index contributed by atoms with van der Waals surface area (Å²) in [6.45, 7) is 2.38. The summed E-state index contributed by atoms with van der Waals surface area (Å²) in [5.74, 6) is -0.235. The molecule has 2 aromatic rings. The Morgan fingerprint density at radius 2 is 1.71 bits per heavy atom. The first-order valence-electron chi connectivity index (χ1n) is 14.6. The van der Waals surface area contributed by atoms with Crippen molar-refractivity contribution >= 4 is 17.6 Å². The summed E-state index contributed by atoms with van der Waals surface area (Å²) < 4.78 is 17.3. The van der Waals surface area contributed by atoms with Gasteiger partial charge in [-0.1, -0.05) is 56.2 Å². The lowest BCUT2D eigenvalue weighted by atomic mass is 9.72. The summed E-state index contributed by atoms with van der Waals surface area (Å²) in [6, 6.07) is 14.1. The maximum Gasteiger partial charge on any atom is 0.246 e. The first kappa shape index (κ1) is 27.5. The maximum absolute atomic E-state index is 14.3. The number of benzene rings is 2. The number of fused-ring (bicyclic) bond motifs is 1. The van der Waals surface area contributed by atoms with E-state index in [1.807, 2.05) is 60.7 Å². The number of amides is 2. The van der Waals surface area contributed by atoms with E-state index in [4.69, 9.17) is 14.2 Å². The van der Waals surface area contributed by atoms with E-state index in [9.17, 15) is 14.4 Å². The molecule has 8 nitrogen and oxygen atoms in total. The molecule has 1 saturated carbocycles. The summed E-state index contributed by atoms with van der Waals surface area (Å²) >= 11 is 0. The van der Waals surface area contributed by atoms with E-state index in [-0.39, 0.29) is 36.6 Å². The Morgan fingerprint density at radius 1 is 1.02 bits per heavy atom. The van der Waals surface area contributed by atoms with Crippen LogP contribution in [-0.2, 0) is 32.1 Å². The lowest BCUT2D eigenvalue weighted by molar-refractivity contribution is -0.142. The van der Waals surface area contributed by atoms with Gasteiger partial charge in [0.1, 0.15) is 28.9 Å². The highest BCUT2D eigenvalue weighted by Gasteiger charge is 2.72. The monoisotopic (exact) mass is 558 g/mol. The van der Waals surface area contributed by atoms with Gasteiger partial charge in [0.2, 0.25) is 11.8 Å². The third-order valence-electron chi connectivity index (χ3n) is 9.43. The molecule has 216 valence electrons. The summed E-state index contributed by atoms with van der Waals surface area (Å²) in [5, 5.41) is 3.29. The van der Waals surface area contributed by atoms with E-state index in [1.165, 1.54) is 0 Å². The Balaban J connectivity index is 1.33. The van der Waals surface area contributed by atoms with Crippen LogP contribution in [0.5, 0.6) is 11.5 Å². The average Bonchev–Trinajstić information content (AvgIpc) is 3.62. The quantitative estimate of drug-likeness (QED) is 0.470. The van der Waals surface area contributed by atoms with Gasteiger partial charge in [0.15, 0.2) is 0 Å². The topological polar surface area (TPSA) is 94.2 Å². The first-order chi connectivity index (χ1) is 19.8. The van der Waals surface area contributed by atoms with Crippen molar-refractivity contribution in [1.29, 1.82) is 0 Å². The fraction of sp³-hybridized carbons (Fsp3) is 0.485. The van der Waals surface area contributed by atoms with Crippen molar-refractivity contribution in [2.45, 2.75) is 69.4 Å². The Bertz CT molecular complexity index is 1370. The van der Waals surface area contributed by atoms with Crippen molar-refractivity contribution in [3.8, 4) is 11.5 Å². The summed E-state index contributed by atoms with van der Waals surface area (Å²) in [6.07, 6.45) is 7.57. The van der Waals surface area contributed by atoms with Crippen LogP contribution >= 0.6 is 0 Å². The Morgan fingerprint density at radius 3 is 2.41 bits per heavy atom. The van der Waals surface area contributed by atoms with E-state index in [0.717, 1.165) is 36.8 Å². The number of nitrogens with one attached hydrogen (secondary N) is 1. The molecule has 3 aliphatic heterocycles. The fourth-order valence-electron chi connectivity index (χ4n) is 7.37. The van der Waals surface area contributed by atoms with Crippen molar-refractivity contribution in [2.24, 2.45) is 17.8 Å². The number of rotatable bonds is 9. The zero-order valence-corrected chi connectivity index (χ0v) is 23.9. The van der Waals surface area contributed by atoms with Crippen LogP contribution in [0.1, 0.15) is 43.7 Å². The molecule has 1 aliphatic carbocycles. The van der Waals surface area contributed by atoms with Gasteiger partial charge in [-0.15, -0.1) is 0 Å². The lowest BCUT2D eigenvalue weighted by Gasteiger charge is -2.36. The van der Waals surface area contributed by atoms with Crippen molar-refractivity contribution < 1.29 is 28.6 Å². The minimum Gasteiger partial charge on any atom is -0.497 e. The molecule has 0 radical (unpaired) electrons. The molecular formula is C33H38N2O6. The molecule has 2 aromatic carbocycles. The largest absolute Gasteiger partial charge is 0.497 e. The Labute approximate surface area is 241 Å². The van der Waals surface area contributed by atoms with Crippen molar-refractivity contribution in [1.82, 2.24) is 10.2 Å². The number of methoxy groups -OCH3 is 2. The van der Waals surface area contributed by atoms with Crippen LogP contribution in [0.2, 0.25) is 0 Å². The van der Waals surface area contributed by atoms with Gasteiger partial charge in [-0.25, -0.2) is 0 Å². The Kier molecular flexibility index (Phi) is 7.36. The number of carbonyl (C=O) groups excluding carboxylic acids is 3. The van der Waals surface area contributed by atoms with Gasteiger partial charge in [0.05, 0.1) is 32.2 Å².